The molecule has 3 N–H and O–H groups in total. The molecule has 0 atom stereocenters. The summed E-state index contributed by atoms with van der Waals surface area (Å²) >= 11 is 0. The van der Waals surface area contributed by atoms with Crippen molar-refractivity contribution in [1.29, 1.82) is 5.41 Å². The Morgan fingerprint density at radius 1 is 1.50 bits per heavy atom. The lowest BCUT2D eigenvalue weighted by Gasteiger charge is -2.08. The van der Waals surface area contributed by atoms with Crippen LogP contribution in [0.1, 0.15) is 5.56 Å². The number of nitrogens with one attached hydrogen (secondary N) is 1. The Morgan fingerprint density at radius 2 is 2.14 bits per heavy atom. The van der Waals surface area contributed by atoms with Crippen LogP contribution in [0.3, 0.4) is 0 Å². The fraction of sp³-hybridized carbons (Fsp3) is 0.222. The summed E-state index contributed by atoms with van der Waals surface area (Å²) in [4.78, 5) is 0. The van der Waals surface area contributed by atoms with Gasteiger partial charge in [0.15, 0.2) is 11.6 Å². The van der Waals surface area contributed by atoms with E-state index in [1.54, 1.807) is 0 Å². The van der Waals surface area contributed by atoms with Gasteiger partial charge >= 0.3 is 0 Å². The lowest BCUT2D eigenvalue weighted by molar-refractivity contribution is 0.368. The summed E-state index contributed by atoms with van der Waals surface area (Å²) in [5.41, 5.74) is 5.51. The second-order valence-electron chi connectivity index (χ2n) is 2.76. The van der Waals surface area contributed by atoms with E-state index < -0.39 is 11.6 Å². The third-order valence-electron chi connectivity index (χ3n) is 1.72. The van der Waals surface area contributed by atoms with Gasteiger partial charge in [-0.05, 0) is 6.07 Å². The zero-order valence-corrected chi connectivity index (χ0v) is 7.60. The van der Waals surface area contributed by atoms with E-state index in [0.717, 1.165) is 6.07 Å². The standard InChI is InChI=1S/C9H10F2N2O/c1-14-9-5(4-7(12)13)2-3-6(10)8(9)11/h2-3H,4H2,1H3,(H3,12,13). The maximum absolute atomic E-state index is 13.1. The highest BCUT2D eigenvalue weighted by Gasteiger charge is 2.14. The van der Waals surface area contributed by atoms with Gasteiger partial charge in [-0.1, -0.05) is 6.07 Å². The first-order chi connectivity index (χ1) is 6.56. The van der Waals surface area contributed by atoms with E-state index >= 15 is 0 Å². The minimum atomic E-state index is -1.05. The molecule has 1 rings (SSSR count). The summed E-state index contributed by atoms with van der Waals surface area (Å²) < 4.78 is 30.5. The van der Waals surface area contributed by atoms with Crippen LogP contribution in [0.15, 0.2) is 12.1 Å². The van der Waals surface area contributed by atoms with Crippen molar-refractivity contribution in [3.63, 3.8) is 0 Å². The van der Waals surface area contributed by atoms with Crippen LogP contribution in [0.2, 0.25) is 0 Å². The smallest absolute Gasteiger partial charge is 0.200 e. The number of rotatable bonds is 3. The fourth-order valence-electron chi connectivity index (χ4n) is 1.14. The van der Waals surface area contributed by atoms with Gasteiger partial charge in [-0.25, -0.2) is 4.39 Å². The highest BCUT2D eigenvalue weighted by atomic mass is 19.2. The number of nitrogens with two attached hydrogens (primary N) is 1. The highest BCUT2D eigenvalue weighted by Crippen LogP contribution is 2.24. The molecule has 0 bridgehead atoms. The molecule has 0 aromatic heterocycles. The Balaban J connectivity index is 3.17. The molecule has 0 fully saturated rings. The Morgan fingerprint density at radius 3 is 2.64 bits per heavy atom. The van der Waals surface area contributed by atoms with Crippen molar-refractivity contribution < 1.29 is 13.5 Å². The SMILES string of the molecule is COc1c(CC(=N)N)ccc(F)c1F. The van der Waals surface area contributed by atoms with E-state index in [4.69, 9.17) is 15.9 Å². The van der Waals surface area contributed by atoms with Crippen LogP contribution < -0.4 is 10.5 Å². The van der Waals surface area contributed by atoms with Gasteiger partial charge in [0, 0.05) is 12.0 Å². The van der Waals surface area contributed by atoms with Crippen LogP contribution in [0.5, 0.6) is 5.75 Å². The zero-order valence-electron chi connectivity index (χ0n) is 7.60. The number of ether oxygens (including phenoxy) is 1. The molecule has 0 amide bonds. The van der Waals surface area contributed by atoms with Crippen molar-refractivity contribution in [3.8, 4) is 5.75 Å². The molecular weight excluding hydrogens is 190 g/mol. The van der Waals surface area contributed by atoms with Crippen molar-refractivity contribution >= 4 is 5.84 Å². The number of halogens is 2. The minimum absolute atomic E-state index is 0.0420. The molecule has 5 heteroatoms. The third-order valence-corrected chi connectivity index (χ3v) is 1.72. The van der Waals surface area contributed by atoms with Crippen LogP contribution in [0, 0.1) is 17.0 Å². The summed E-state index contributed by atoms with van der Waals surface area (Å²) in [6.07, 6.45) is 0.0420. The first-order valence-corrected chi connectivity index (χ1v) is 3.90. The molecular formula is C9H10F2N2O. The molecule has 1 aromatic rings. The predicted octanol–water partition coefficient (Wildman–Crippen LogP) is 1.45. The Kier molecular flexibility index (Phi) is 3.01. The molecule has 0 spiro atoms. The van der Waals surface area contributed by atoms with E-state index in [0.29, 0.717) is 5.56 Å². The number of methoxy groups -OCH3 is 1. The molecule has 0 aliphatic rings. The van der Waals surface area contributed by atoms with Gasteiger partial charge in [-0.15, -0.1) is 0 Å². The van der Waals surface area contributed by atoms with Gasteiger partial charge in [0.2, 0.25) is 5.82 Å². The van der Waals surface area contributed by atoms with Crippen molar-refractivity contribution in [2.24, 2.45) is 5.73 Å². The molecule has 0 saturated carbocycles. The summed E-state index contributed by atoms with van der Waals surface area (Å²) in [7, 11) is 1.24. The molecule has 76 valence electrons. The maximum atomic E-state index is 13.1. The number of hydrogen-bond acceptors (Lipinski definition) is 2. The molecule has 0 unspecified atom stereocenters. The Hall–Kier alpha value is -1.65. The van der Waals surface area contributed by atoms with E-state index in [9.17, 15) is 8.78 Å². The monoisotopic (exact) mass is 200 g/mol. The molecule has 0 saturated heterocycles. The van der Waals surface area contributed by atoms with Crippen LogP contribution in [0.25, 0.3) is 0 Å². The topological polar surface area (TPSA) is 59.1 Å². The number of hydrogen-bond donors (Lipinski definition) is 2. The second kappa shape index (κ2) is 4.04. The highest BCUT2D eigenvalue weighted by molar-refractivity contribution is 5.80. The first-order valence-electron chi connectivity index (χ1n) is 3.90. The largest absolute Gasteiger partial charge is 0.493 e. The first kappa shape index (κ1) is 10.4. The van der Waals surface area contributed by atoms with Crippen molar-refractivity contribution in [1.82, 2.24) is 0 Å². The lowest BCUT2D eigenvalue weighted by Crippen LogP contribution is -2.14. The van der Waals surface area contributed by atoms with Gasteiger partial charge in [-0.2, -0.15) is 4.39 Å². The van der Waals surface area contributed by atoms with E-state index in [-0.39, 0.29) is 18.0 Å². The van der Waals surface area contributed by atoms with Crippen LogP contribution in [-0.2, 0) is 6.42 Å². The van der Waals surface area contributed by atoms with Crippen molar-refractivity contribution in [2.75, 3.05) is 7.11 Å². The van der Waals surface area contributed by atoms with Crippen molar-refractivity contribution in [2.45, 2.75) is 6.42 Å². The summed E-state index contributed by atoms with van der Waals surface area (Å²) in [5, 5.41) is 7.03. The zero-order chi connectivity index (χ0) is 10.7. The fourth-order valence-corrected chi connectivity index (χ4v) is 1.14. The molecule has 0 aliphatic carbocycles. The average Bonchev–Trinajstić information content (AvgIpc) is 2.11. The summed E-state index contributed by atoms with van der Waals surface area (Å²) in [6.45, 7) is 0. The molecule has 1 aromatic carbocycles. The molecule has 0 heterocycles. The minimum Gasteiger partial charge on any atom is -0.493 e. The normalized spacial score (nSPS) is 9.93. The lowest BCUT2D eigenvalue weighted by atomic mass is 10.1. The Bertz CT molecular complexity index is 366. The number of amidine groups is 1. The molecule has 14 heavy (non-hydrogen) atoms. The quantitative estimate of drug-likeness (QED) is 0.573. The third kappa shape index (κ3) is 1.99. The average molecular weight is 200 g/mol. The van der Waals surface area contributed by atoms with Crippen molar-refractivity contribution in [3.05, 3.63) is 29.3 Å². The predicted molar refractivity (Wildman–Crippen MR) is 48.5 cm³/mol. The molecule has 0 aliphatic heterocycles. The molecule has 0 radical (unpaired) electrons. The Labute approximate surface area is 80.0 Å². The van der Waals surface area contributed by atoms with E-state index in [2.05, 4.69) is 0 Å². The summed E-state index contributed by atoms with van der Waals surface area (Å²) in [5.74, 6) is -2.35. The van der Waals surface area contributed by atoms with Crippen LogP contribution >= 0.6 is 0 Å². The maximum Gasteiger partial charge on any atom is 0.200 e. The van der Waals surface area contributed by atoms with Crippen LogP contribution in [-0.4, -0.2) is 12.9 Å². The van der Waals surface area contributed by atoms with Gasteiger partial charge in [0.25, 0.3) is 0 Å². The number of benzene rings is 1. The second-order valence-corrected chi connectivity index (χ2v) is 2.76. The van der Waals surface area contributed by atoms with Gasteiger partial charge in [-0.3, -0.25) is 5.41 Å². The van der Waals surface area contributed by atoms with Gasteiger partial charge in [0.05, 0.1) is 12.9 Å². The van der Waals surface area contributed by atoms with E-state index in [1.807, 2.05) is 0 Å². The summed E-state index contributed by atoms with van der Waals surface area (Å²) in [6, 6.07) is 2.33. The van der Waals surface area contributed by atoms with Crippen LogP contribution in [0.4, 0.5) is 8.78 Å². The van der Waals surface area contributed by atoms with E-state index in [1.165, 1.54) is 13.2 Å². The molecule has 3 nitrogen and oxygen atoms in total. The van der Waals surface area contributed by atoms with Gasteiger partial charge < -0.3 is 10.5 Å². The van der Waals surface area contributed by atoms with Gasteiger partial charge in [0.1, 0.15) is 0 Å².